The Morgan fingerprint density at radius 1 is 1.06 bits per heavy atom. The lowest BCUT2D eigenvalue weighted by Crippen LogP contribution is -2.50. The summed E-state index contributed by atoms with van der Waals surface area (Å²) in [6.45, 7) is 1.87. The Morgan fingerprint density at radius 2 is 1.91 bits per heavy atom. The molecule has 0 saturated carbocycles. The number of rotatable bonds is 6. The summed E-state index contributed by atoms with van der Waals surface area (Å²) in [5.41, 5.74) is 2.47. The van der Waals surface area contributed by atoms with Gasteiger partial charge in [-0.2, -0.15) is 0 Å². The van der Waals surface area contributed by atoms with Gasteiger partial charge in [-0.25, -0.2) is 0 Å². The van der Waals surface area contributed by atoms with E-state index in [1.807, 2.05) is 54.4 Å². The molecule has 3 aliphatic rings. The van der Waals surface area contributed by atoms with E-state index in [1.165, 1.54) is 0 Å². The minimum Gasteiger partial charge on any atom is -0.493 e. The second-order valence-electron chi connectivity index (χ2n) is 8.94. The molecule has 0 N–H and O–H groups in total. The van der Waals surface area contributed by atoms with Crippen LogP contribution in [0, 0.1) is 0 Å². The second kappa shape index (κ2) is 9.61. The highest BCUT2D eigenvalue weighted by molar-refractivity contribution is 6.02. The van der Waals surface area contributed by atoms with Gasteiger partial charge in [0.2, 0.25) is 0 Å². The molecule has 2 aromatic rings. The topological polar surface area (TPSA) is 60.5 Å². The molecule has 2 fully saturated rings. The number of fused-ring (bicyclic) bond motifs is 2. The summed E-state index contributed by atoms with van der Waals surface area (Å²) in [4.78, 5) is 17.6. The van der Waals surface area contributed by atoms with Gasteiger partial charge in [0.15, 0.2) is 24.0 Å². The van der Waals surface area contributed by atoms with Crippen LogP contribution in [0.4, 0.5) is 5.69 Å². The molecule has 2 saturated heterocycles. The molecular weight excluding hydrogens is 420 g/mol. The Morgan fingerprint density at radius 3 is 2.67 bits per heavy atom. The zero-order valence-electron chi connectivity index (χ0n) is 19.4. The number of carbonyl (C=O) groups excluding carboxylic acids is 1. The van der Waals surface area contributed by atoms with Crippen LogP contribution in [0.25, 0.3) is 0 Å². The average molecular weight is 453 g/mol. The van der Waals surface area contributed by atoms with Gasteiger partial charge in [0.05, 0.1) is 24.4 Å². The number of methoxy groups -OCH3 is 1. The lowest BCUT2D eigenvalue weighted by Gasteiger charge is -2.38. The average Bonchev–Trinajstić information content (AvgIpc) is 3.33. The first-order chi connectivity index (χ1) is 16.2. The first kappa shape index (κ1) is 22.0. The van der Waals surface area contributed by atoms with Crippen molar-refractivity contribution in [3.63, 3.8) is 0 Å². The Balaban J connectivity index is 1.48. The summed E-state index contributed by atoms with van der Waals surface area (Å²) in [5.74, 6) is 1.18. The predicted octanol–water partition coefficient (Wildman–Crippen LogP) is 4.20. The van der Waals surface area contributed by atoms with Crippen molar-refractivity contribution in [1.82, 2.24) is 4.90 Å². The first-order valence-electron chi connectivity index (χ1n) is 11.9. The number of hydrogen-bond donors (Lipinski definition) is 0. The maximum absolute atomic E-state index is 13.6. The van der Waals surface area contributed by atoms with Crippen molar-refractivity contribution in [2.45, 2.75) is 57.3 Å². The van der Waals surface area contributed by atoms with Gasteiger partial charge in [-0.1, -0.05) is 30.3 Å². The van der Waals surface area contributed by atoms with Gasteiger partial charge in [-0.3, -0.25) is 4.79 Å². The molecule has 2 aromatic carbocycles. The molecule has 5 rings (SSSR count). The van der Waals surface area contributed by atoms with Crippen molar-refractivity contribution in [3.05, 3.63) is 53.6 Å². The van der Waals surface area contributed by atoms with E-state index >= 15 is 0 Å². The van der Waals surface area contributed by atoms with Crippen LogP contribution in [0.3, 0.4) is 0 Å². The maximum Gasteiger partial charge on any atom is 0.256 e. The van der Waals surface area contributed by atoms with Crippen LogP contribution in [-0.2, 0) is 16.1 Å². The summed E-state index contributed by atoms with van der Waals surface area (Å²) in [6, 6.07) is 13.7. The monoisotopic (exact) mass is 452 g/mol. The number of benzene rings is 2. The van der Waals surface area contributed by atoms with E-state index in [1.54, 1.807) is 7.11 Å². The molecule has 7 nitrogen and oxygen atoms in total. The molecule has 3 aliphatic heterocycles. The maximum atomic E-state index is 13.6. The van der Waals surface area contributed by atoms with Crippen molar-refractivity contribution in [1.29, 1.82) is 0 Å². The first-order valence-corrected chi connectivity index (χ1v) is 11.9. The molecule has 7 heteroatoms. The van der Waals surface area contributed by atoms with E-state index in [9.17, 15) is 4.79 Å². The molecule has 0 bridgehead atoms. The van der Waals surface area contributed by atoms with Gasteiger partial charge in [0, 0.05) is 26.3 Å². The SMILES string of the molecule is COc1cc2c(cc1OCc1ccccc1)N(C)[C@@H](OC1CCCCO1)[C@@H]1CCCN1C2=O. The van der Waals surface area contributed by atoms with Gasteiger partial charge in [-0.05, 0) is 43.7 Å². The molecule has 0 spiro atoms. The zero-order valence-corrected chi connectivity index (χ0v) is 19.4. The van der Waals surface area contributed by atoms with Gasteiger partial charge < -0.3 is 28.7 Å². The Hall–Kier alpha value is -2.77. The standard InChI is InChI=1S/C26H32N2O5/c1-27-21-16-23(32-17-18-9-4-3-5-10-18)22(30-2)15-19(21)25(29)28-13-8-11-20(28)26(27)33-24-12-6-7-14-31-24/h3-5,9-10,15-16,20,24,26H,6-8,11-14,17H2,1-2H3/t20-,24?,26-/m0/s1. The van der Waals surface area contributed by atoms with Crippen molar-refractivity contribution < 1.29 is 23.7 Å². The van der Waals surface area contributed by atoms with Crippen molar-refractivity contribution >= 4 is 11.6 Å². The normalized spacial score (nSPS) is 24.8. The molecular formula is C26H32N2O5. The van der Waals surface area contributed by atoms with Crippen LogP contribution in [0.1, 0.15) is 48.0 Å². The van der Waals surface area contributed by atoms with Crippen molar-refractivity contribution in [2.75, 3.05) is 32.2 Å². The fourth-order valence-corrected chi connectivity index (χ4v) is 5.07. The third kappa shape index (κ3) is 4.39. The van der Waals surface area contributed by atoms with E-state index in [0.717, 1.165) is 56.5 Å². The summed E-state index contributed by atoms with van der Waals surface area (Å²) >= 11 is 0. The van der Waals surface area contributed by atoms with Crippen LogP contribution in [0.15, 0.2) is 42.5 Å². The molecule has 3 heterocycles. The third-order valence-electron chi connectivity index (χ3n) is 6.83. The van der Waals surface area contributed by atoms with Crippen molar-refractivity contribution in [2.24, 2.45) is 0 Å². The summed E-state index contributed by atoms with van der Waals surface area (Å²) < 4.78 is 24.2. The molecule has 3 atom stereocenters. The van der Waals surface area contributed by atoms with E-state index in [2.05, 4.69) is 4.90 Å². The van der Waals surface area contributed by atoms with Crippen LogP contribution in [0.2, 0.25) is 0 Å². The van der Waals surface area contributed by atoms with Gasteiger partial charge in [-0.15, -0.1) is 0 Å². The quantitative estimate of drug-likeness (QED) is 0.655. The minimum absolute atomic E-state index is 0.0138. The number of hydrogen-bond acceptors (Lipinski definition) is 6. The summed E-state index contributed by atoms with van der Waals surface area (Å²) in [5, 5.41) is 0. The van der Waals surface area contributed by atoms with E-state index in [-0.39, 0.29) is 24.5 Å². The zero-order chi connectivity index (χ0) is 22.8. The Kier molecular flexibility index (Phi) is 6.42. The van der Waals surface area contributed by atoms with E-state index in [0.29, 0.717) is 23.7 Å². The largest absolute Gasteiger partial charge is 0.493 e. The highest BCUT2D eigenvalue weighted by Crippen LogP contribution is 2.41. The number of ether oxygens (including phenoxy) is 4. The number of anilines is 1. The number of nitrogens with zero attached hydrogens (tertiary/aromatic N) is 2. The fourth-order valence-electron chi connectivity index (χ4n) is 5.07. The van der Waals surface area contributed by atoms with Crippen LogP contribution >= 0.6 is 0 Å². The van der Waals surface area contributed by atoms with E-state index < -0.39 is 0 Å². The lowest BCUT2D eigenvalue weighted by atomic mass is 10.1. The highest BCUT2D eigenvalue weighted by atomic mass is 16.7. The molecule has 0 radical (unpaired) electrons. The van der Waals surface area contributed by atoms with Crippen LogP contribution in [0.5, 0.6) is 11.5 Å². The lowest BCUT2D eigenvalue weighted by molar-refractivity contribution is -0.195. The molecule has 0 aromatic heterocycles. The predicted molar refractivity (Wildman–Crippen MR) is 125 cm³/mol. The third-order valence-corrected chi connectivity index (χ3v) is 6.83. The number of carbonyl (C=O) groups is 1. The second-order valence-corrected chi connectivity index (χ2v) is 8.94. The van der Waals surface area contributed by atoms with Gasteiger partial charge in [0.25, 0.3) is 5.91 Å². The minimum atomic E-state index is -0.281. The van der Waals surface area contributed by atoms with Crippen LogP contribution in [-0.4, -0.2) is 56.7 Å². The molecule has 33 heavy (non-hydrogen) atoms. The molecule has 1 unspecified atom stereocenters. The summed E-state index contributed by atoms with van der Waals surface area (Å²) in [6.07, 6.45) is 4.41. The number of amides is 1. The Bertz CT molecular complexity index is 976. The molecule has 176 valence electrons. The van der Waals surface area contributed by atoms with Gasteiger partial charge in [0.1, 0.15) is 6.61 Å². The van der Waals surface area contributed by atoms with E-state index in [4.69, 9.17) is 18.9 Å². The fraction of sp³-hybridized carbons (Fsp3) is 0.500. The summed E-state index contributed by atoms with van der Waals surface area (Å²) in [7, 11) is 3.60. The number of likely N-dealkylation sites (N-methyl/N-ethyl adjacent to an activating group) is 1. The Labute approximate surface area is 195 Å². The highest BCUT2D eigenvalue weighted by Gasteiger charge is 2.44. The smallest absolute Gasteiger partial charge is 0.256 e. The molecule has 1 amide bonds. The van der Waals surface area contributed by atoms with Crippen molar-refractivity contribution in [3.8, 4) is 11.5 Å². The van der Waals surface area contributed by atoms with Gasteiger partial charge >= 0.3 is 0 Å². The molecule has 0 aliphatic carbocycles. The van der Waals surface area contributed by atoms with Crippen LogP contribution < -0.4 is 14.4 Å².